The SMILES string of the molecule is CN1CCN(C(=O)c2cccnc2N)CC1=O. The first-order valence-corrected chi connectivity index (χ1v) is 5.33. The maximum absolute atomic E-state index is 12.1. The topological polar surface area (TPSA) is 79.5 Å². The highest BCUT2D eigenvalue weighted by Crippen LogP contribution is 2.12. The van der Waals surface area contributed by atoms with Crippen LogP contribution in [0.15, 0.2) is 18.3 Å². The fraction of sp³-hybridized carbons (Fsp3) is 0.364. The zero-order valence-corrected chi connectivity index (χ0v) is 9.59. The van der Waals surface area contributed by atoms with Gasteiger partial charge in [-0.3, -0.25) is 9.59 Å². The van der Waals surface area contributed by atoms with Crippen molar-refractivity contribution in [3.05, 3.63) is 23.9 Å². The third-order valence-corrected chi connectivity index (χ3v) is 2.81. The molecule has 1 saturated heterocycles. The van der Waals surface area contributed by atoms with E-state index >= 15 is 0 Å². The minimum atomic E-state index is -0.239. The van der Waals surface area contributed by atoms with E-state index in [1.165, 1.54) is 11.1 Å². The molecule has 0 aliphatic carbocycles. The molecule has 0 atom stereocenters. The lowest BCUT2D eigenvalue weighted by molar-refractivity contribution is -0.133. The molecule has 90 valence electrons. The zero-order chi connectivity index (χ0) is 12.4. The van der Waals surface area contributed by atoms with E-state index in [9.17, 15) is 9.59 Å². The zero-order valence-electron chi connectivity index (χ0n) is 9.59. The number of amides is 2. The van der Waals surface area contributed by atoms with Crippen LogP contribution in [0.1, 0.15) is 10.4 Å². The molecule has 6 nitrogen and oxygen atoms in total. The van der Waals surface area contributed by atoms with Crippen LogP contribution in [0.5, 0.6) is 0 Å². The molecule has 2 amide bonds. The van der Waals surface area contributed by atoms with Gasteiger partial charge in [-0.05, 0) is 12.1 Å². The van der Waals surface area contributed by atoms with Crippen LogP contribution in [-0.4, -0.2) is 53.3 Å². The molecule has 1 aliphatic rings. The molecule has 1 aliphatic heterocycles. The van der Waals surface area contributed by atoms with Crippen molar-refractivity contribution in [3.63, 3.8) is 0 Å². The average molecular weight is 234 g/mol. The van der Waals surface area contributed by atoms with Crippen molar-refractivity contribution >= 4 is 17.6 Å². The molecule has 1 fully saturated rings. The highest BCUT2D eigenvalue weighted by molar-refractivity contribution is 6.00. The van der Waals surface area contributed by atoms with E-state index in [-0.39, 0.29) is 24.2 Å². The number of likely N-dealkylation sites (N-methyl/N-ethyl adjacent to an activating group) is 1. The molecule has 2 rings (SSSR count). The van der Waals surface area contributed by atoms with Crippen LogP contribution < -0.4 is 5.73 Å². The number of piperazine rings is 1. The van der Waals surface area contributed by atoms with Crippen molar-refractivity contribution in [1.29, 1.82) is 0 Å². The normalized spacial score (nSPS) is 16.2. The van der Waals surface area contributed by atoms with Gasteiger partial charge in [0, 0.05) is 26.3 Å². The number of nitrogen functional groups attached to an aromatic ring is 1. The van der Waals surface area contributed by atoms with Gasteiger partial charge in [0.1, 0.15) is 12.4 Å². The van der Waals surface area contributed by atoms with E-state index in [4.69, 9.17) is 5.73 Å². The van der Waals surface area contributed by atoms with E-state index in [0.29, 0.717) is 18.7 Å². The number of hydrogen-bond acceptors (Lipinski definition) is 4. The molecule has 1 aromatic rings. The van der Waals surface area contributed by atoms with Crippen molar-refractivity contribution in [2.24, 2.45) is 0 Å². The molecule has 0 aromatic carbocycles. The molecule has 6 heteroatoms. The summed E-state index contributed by atoms with van der Waals surface area (Å²) in [5, 5.41) is 0. The van der Waals surface area contributed by atoms with Crippen LogP contribution in [0.2, 0.25) is 0 Å². The number of pyridine rings is 1. The Hall–Kier alpha value is -2.11. The predicted octanol–water partition coefficient (Wildman–Crippen LogP) is -0.422. The molecular weight excluding hydrogens is 220 g/mol. The number of aromatic nitrogens is 1. The van der Waals surface area contributed by atoms with Gasteiger partial charge in [-0.2, -0.15) is 0 Å². The quantitative estimate of drug-likeness (QED) is 0.715. The Kier molecular flexibility index (Phi) is 2.95. The van der Waals surface area contributed by atoms with Crippen LogP contribution in [-0.2, 0) is 4.79 Å². The second kappa shape index (κ2) is 4.40. The first kappa shape index (κ1) is 11.4. The summed E-state index contributed by atoms with van der Waals surface area (Å²) in [6.45, 7) is 1.17. The third kappa shape index (κ3) is 2.20. The summed E-state index contributed by atoms with van der Waals surface area (Å²) in [5.74, 6) is -0.104. The van der Waals surface area contributed by atoms with Crippen LogP contribution in [0, 0.1) is 0 Å². The number of hydrogen-bond donors (Lipinski definition) is 1. The predicted molar refractivity (Wildman–Crippen MR) is 62.2 cm³/mol. The highest BCUT2D eigenvalue weighted by atomic mass is 16.2. The summed E-state index contributed by atoms with van der Waals surface area (Å²) < 4.78 is 0. The lowest BCUT2D eigenvalue weighted by Gasteiger charge is -2.32. The summed E-state index contributed by atoms with van der Waals surface area (Å²) in [5.41, 5.74) is 5.99. The maximum atomic E-state index is 12.1. The van der Waals surface area contributed by atoms with Crippen molar-refractivity contribution < 1.29 is 9.59 Å². The number of rotatable bonds is 1. The highest BCUT2D eigenvalue weighted by Gasteiger charge is 2.26. The number of nitrogens with two attached hydrogens (primary N) is 1. The van der Waals surface area contributed by atoms with Gasteiger partial charge in [0.25, 0.3) is 5.91 Å². The van der Waals surface area contributed by atoms with Gasteiger partial charge in [0.2, 0.25) is 5.91 Å². The van der Waals surface area contributed by atoms with Gasteiger partial charge >= 0.3 is 0 Å². The Morgan fingerprint density at radius 1 is 1.47 bits per heavy atom. The molecule has 1 aromatic heterocycles. The van der Waals surface area contributed by atoms with Crippen LogP contribution >= 0.6 is 0 Å². The molecule has 0 unspecified atom stereocenters. The van der Waals surface area contributed by atoms with Crippen molar-refractivity contribution in [2.75, 3.05) is 32.4 Å². The second-order valence-corrected chi connectivity index (χ2v) is 3.98. The Balaban J connectivity index is 2.16. The summed E-state index contributed by atoms with van der Waals surface area (Å²) in [4.78, 5) is 30.6. The Labute approximate surface area is 99.0 Å². The van der Waals surface area contributed by atoms with E-state index in [0.717, 1.165) is 0 Å². The van der Waals surface area contributed by atoms with E-state index in [2.05, 4.69) is 4.98 Å². The van der Waals surface area contributed by atoms with Gasteiger partial charge in [-0.15, -0.1) is 0 Å². The summed E-state index contributed by atoms with van der Waals surface area (Å²) in [6, 6.07) is 3.27. The van der Waals surface area contributed by atoms with Crippen molar-refractivity contribution in [3.8, 4) is 0 Å². The first-order valence-electron chi connectivity index (χ1n) is 5.33. The Morgan fingerprint density at radius 3 is 2.88 bits per heavy atom. The fourth-order valence-corrected chi connectivity index (χ4v) is 1.70. The Bertz CT molecular complexity index is 461. The van der Waals surface area contributed by atoms with Crippen molar-refractivity contribution in [2.45, 2.75) is 0 Å². The minimum absolute atomic E-state index is 0.0629. The van der Waals surface area contributed by atoms with Gasteiger partial charge in [-0.1, -0.05) is 0 Å². The smallest absolute Gasteiger partial charge is 0.258 e. The number of carbonyl (C=O) groups excluding carboxylic acids is 2. The lowest BCUT2D eigenvalue weighted by Crippen LogP contribution is -2.50. The van der Waals surface area contributed by atoms with Crippen LogP contribution in [0.3, 0.4) is 0 Å². The molecule has 17 heavy (non-hydrogen) atoms. The monoisotopic (exact) mass is 234 g/mol. The molecule has 2 heterocycles. The fourth-order valence-electron chi connectivity index (χ4n) is 1.70. The maximum Gasteiger partial charge on any atom is 0.258 e. The minimum Gasteiger partial charge on any atom is -0.383 e. The summed E-state index contributed by atoms with van der Waals surface area (Å²) >= 11 is 0. The summed E-state index contributed by atoms with van der Waals surface area (Å²) in [7, 11) is 1.72. The molecule has 2 N–H and O–H groups in total. The molecule has 0 radical (unpaired) electrons. The van der Waals surface area contributed by atoms with E-state index in [1.54, 1.807) is 24.1 Å². The molecule has 0 saturated carbocycles. The first-order chi connectivity index (χ1) is 8.09. The third-order valence-electron chi connectivity index (χ3n) is 2.81. The molecular formula is C11H14N4O2. The number of anilines is 1. The van der Waals surface area contributed by atoms with Crippen molar-refractivity contribution in [1.82, 2.24) is 14.8 Å². The van der Waals surface area contributed by atoms with Gasteiger partial charge in [0.15, 0.2) is 0 Å². The average Bonchev–Trinajstić information content (AvgIpc) is 2.32. The summed E-state index contributed by atoms with van der Waals surface area (Å²) in [6.07, 6.45) is 1.53. The van der Waals surface area contributed by atoms with Crippen LogP contribution in [0.4, 0.5) is 5.82 Å². The van der Waals surface area contributed by atoms with E-state index < -0.39 is 0 Å². The van der Waals surface area contributed by atoms with Crippen LogP contribution in [0.25, 0.3) is 0 Å². The number of nitrogens with zero attached hydrogens (tertiary/aromatic N) is 3. The van der Waals surface area contributed by atoms with Gasteiger partial charge < -0.3 is 15.5 Å². The van der Waals surface area contributed by atoms with Gasteiger partial charge in [-0.25, -0.2) is 4.98 Å². The largest absolute Gasteiger partial charge is 0.383 e. The molecule has 0 bridgehead atoms. The lowest BCUT2D eigenvalue weighted by atomic mass is 10.2. The molecule has 0 spiro atoms. The van der Waals surface area contributed by atoms with Gasteiger partial charge in [0.05, 0.1) is 5.56 Å². The number of carbonyl (C=O) groups is 2. The Morgan fingerprint density at radius 2 is 2.24 bits per heavy atom. The standard InChI is InChI=1S/C11H14N4O2/c1-14-5-6-15(7-9(14)16)11(17)8-3-2-4-13-10(8)12/h2-4H,5-7H2,1H3,(H2,12,13). The van der Waals surface area contributed by atoms with E-state index in [1.807, 2.05) is 0 Å². The second-order valence-electron chi connectivity index (χ2n) is 3.98.